The molecule has 0 saturated carbocycles. The summed E-state index contributed by atoms with van der Waals surface area (Å²) in [4.78, 5) is 34.9. The van der Waals surface area contributed by atoms with E-state index >= 15 is 0 Å². The smallest absolute Gasteiger partial charge is 0.355 e. The Hall–Kier alpha value is -3.25. The number of rotatable bonds is 1. The van der Waals surface area contributed by atoms with Crippen LogP contribution >= 0.6 is 7.60 Å². The normalized spacial score (nSPS) is 13.2. The molecule has 0 unspecified atom stereocenters. The first kappa shape index (κ1) is 16.9. The van der Waals surface area contributed by atoms with Crippen LogP contribution in [0.2, 0.25) is 0 Å². The minimum Gasteiger partial charge on any atom is -0.355 e. The molecule has 0 saturated heterocycles. The molecule has 0 amide bonds. The lowest BCUT2D eigenvalue weighted by atomic mass is 10.3. The van der Waals surface area contributed by atoms with Gasteiger partial charge in [0.05, 0.1) is 33.6 Å². The van der Waals surface area contributed by atoms with E-state index in [1.165, 1.54) is 6.07 Å². The average molecular weight is 390 g/mol. The number of hydrogen-bond donors (Lipinski definition) is 4. The predicted molar refractivity (Wildman–Crippen MR) is 111 cm³/mol. The van der Waals surface area contributed by atoms with E-state index in [4.69, 9.17) is 0 Å². The van der Waals surface area contributed by atoms with Crippen molar-refractivity contribution >= 4 is 59.3 Å². The van der Waals surface area contributed by atoms with Gasteiger partial charge in [-0.25, -0.2) is 9.97 Å². The Morgan fingerprint density at radius 3 is 1.71 bits per heavy atom. The van der Waals surface area contributed by atoms with Crippen LogP contribution in [0.1, 0.15) is 22.8 Å². The Morgan fingerprint density at radius 1 is 0.679 bits per heavy atom. The van der Waals surface area contributed by atoms with Gasteiger partial charge in [0.2, 0.25) is 0 Å². The van der Waals surface area contributed by atoms with Crippen LogP contribution in [0.25, 0.3) is 46.4 Å². The minimum atomic E-state index is -4.45. The summed E-state index contributed by atoms with van der Waals surface area (Å²) in [5.74, 6) is 0. The van der Waals surface area contributed by atoms with E-state index < -0.39 is 7.60 Å². The molecule has 0 aliphatic carbocycles. The molecule has 0 fully saturated rings. The fraction of sp³-hybridized carbons (Fsp3) is 0. The first-order chi connectivity index (χ1) is 13.4. The van der Waals surface area contributed by atoms with Crippen molar-refractivity contribution in [2.45, 2.75) is 0 Å². The topological polar surface area (TPSA) is 115 Å². The van der Waals surface area contributed by atoms with Crippen molar-refractivity contribution < 1.29 is 14.4 Å². The molecule has 2 aliphatic heterocycles. The number of H-pyrrole nitrogens is 2. The van der Waals surface area contributed by atoms with Gasteiger partial charge in [0.15, 0.2) is 0 Å². The van der Waals surface area contributed by atoms with Crippen LogP contribution in [-0.4, -0.2) is 29.7 Å². The van der Waals surface area contributed by atoms with Gasteiger partial charge in [-0.2, -0.15) is 0 Å². The van der Waals surface area contributed by atoms with Gasteiger partial charge in [0.1, 0.15) is 0 Å². The maximum absolute atomic E-state index is 11.9. The molecule has 0 radical (unpaired) electrons. The lowest BCUT2D eigenvalue weighted by Crippen LogP contribution is -2.00. The fourth-order valence-corrected chi connectivity index (χ4v) is 3.99. The number of fused-ring (bicyclic) bond motifs is 8. The standard InChI is InChI=1S/C20H15N4O3P/c25-28(26,27)20-11-18-9-16-4-3-14(22-16)7-12-1-2-13(21-12)8-15-5-6-17(23-15)10-19(20)24-18/h1-11,21,24H,(H2,25,26,27). The molecule has 8 heteroatoms. The molecular formula is C20H15N4O3P. The van der Waals surface area contributed by atoms with Crippen LogP contribution in [0.15, 0.2) is 42.5 Å². The van der Waals surface area contributed by atoms with Crippen LogP contribution in [0.3, 0.4) is 0 Å². The van der Waals surface area contributed by atoms with Gasteiger partial charge in [0, 0.05) is 16.6 Å². The number of hydrogen-bond acceptors (Lipinski definition) is 3. The van der Waals surface area contributed by atoms with Crippen LogP contribution in [0.4, 0.5) is 0 Å². The molecule has 3 aromatic rings. The van der Waals surface area contributed by atoms with Gasteiger partial charge < -0.3 is 19.8 Å². The van der Waals surface area contributed by atoms with Crippen LogP contribution in [0.5, 0.6) is 0 Å². The predicted octanol–water partition coefficient (Wildman–Crippen LogP) is 3.46. The third kappa shape index (κ3) is 3.23. The zero-order chi connectivity index (χ0) is 19.3. The summed E-state index contributed by atoms with van der Waals surface area (Å²) in [6, 6.07) is 12.6. The molecule has 0 spiro atoms. The van der Waals surface area contributed by atoms with E-state index in [0.717, 1.165) is 22.4 Å². The molecule has 7 nitrogen and oxygen atoms in total. The molecule has 8 bridgehead atoms. The minimum absolute atomic E-state index is 0.0662. The monoisotopic (exact) mass is 390 g/mol. The number of aromatic nitrogens is 4. The van der Waals surface area contributed by atoms with E-state index in [9.17, 15) is 14.4 Å². The summed E-state index contributed by atoms with van der Waals surface area (Å²) in [5.41, 5.74) is 5.54. The van der Waals surface area contributed by atoms with Gasteiger partial charge in [-0.05, 0) is 66.8 Å². The highest BCUT2D eigenvalue weighted by molar-refractivity contribution is 7.60. The second-order valence-corrected chi connectivity index (χ2v) is 8.17. The van der Waals surface area contributed by atoms with Crippen molar-refractivity contribution in [1.29, 1.82) is 0 Å². The van der Waals surface area contributed by atoms with Crippen LogP contribution < -0.4 is 5.30 Å². The highest BCUT2D eigenvalue weighted by Crippen LogP contribution is 2.35. The Kier molecular flexibility index (Phi) is 3.70. The molecule has 4 N–H and O–H groups in total. The Balaban J connectivity index is 1.88. The second-order valence-electron chi connectivity index (χ2n) is 6.60. The number of nitrogens with one attached hydrogen (secondary N) is 2. The third-order valence-corrected chi connectivity index (χ3v) is 5.46. The molecule has 0 aromatic carbocycles. The molecule has 138 valence electrons. The van der Waals surface area contributed by atoms with Crippen molar-refractivity contribution in [3.05, 3.63) is 65.2 Å². The van der Waals surface area contributed by atoms with Crippen LogP contribution in [-0.2, 0) is 4.57 Å². The van der Waals surface area contributed by atoms with Gasteiger partial charge in [-0.3, -0.25) is 4.57 Å². The Bertz CT molecular complexity index is 1380. The summed E-state index contributed by atoms with van der Waals surface area (Å²) in [6.45, 7) is 0. The van der Waals surface area contributed by atoms with Gasteiger partial charge in [-0.1, -0.05) is 0 Å². The molecule has 0 atom stereocenters. The second kappa shape index (κ2) is 6.14. The first-order valence-electron chi connectivity index (χ1n) is 8.57. The third-order valence-electron chi connectivity index (χ3n) is 4.46. The Morgan fingerprint density at radius 2 is 1.18 bits per heavy atom. The van der Waals surface area contributed by atoms with Crippen molar-refractivity contribution in [2.24, 2.45) is 0 Å². The van der Waals surface area contributed by atoms with Crippen molar-refractivity contribution in [3.63, 3.8) is 0 Å². The summed E-state index contributed by atoms with van der Waals surface area (Å²) >= 11 is 0. The zero-order valence-electron chi connectivity index (χ0n) is 14.5. The molecule has 3 aromatic heterocycles. The molecule has 5 heterocycles. The largest absolute Gasteiger partial charge is 0.358 e. The quantitative estimate of drug-likeness (QED) is 0.327. The van der Waals surface area contributed by atoms with Crippen molar-refractivity contribution in [1.82, 2.24) is 19.9 Å². The maximum atomic E-state index is 11.9. The van der Waals surface area contributed by atoms with E-state index in [1.54, 1.807) is 18.2 Å². The van der Waals surface area contributed by atoms with E-state index in [-0.39, 0.29) is 5.30 Å². The molecule has 2 aliphatic rings. The lowest BCUT2D eigenvalue weighted by Gasteiger charge is -1.99. The maximum Gasteiger partial charge on any atom is 0.358 e. The van der Waals surface area contributed by atoms with E-state index in [0.29, 0.717) is 22.4 Å². The van der Waals surface area contributed by atoms with Crippen molar-refractivity contribution in [3.8, 4) is 0 Å². The SMILES string of the molecule is O=P(O)(O)c1cc2cc3nc(cc4ccc(cc5nc(cc1[nH]2)C=C5)[nH]4)C=C3. The number of nitrogens with zero attached hydrogens (tertiary/aromatic N) is 2. The summed E-state index contributed by atoms with van der Waals surface area (Å²) in [5, 5.41) is -0.0662. The van der Waals surface area contributed by atoms with E-state index in [1.807, 2.05) is 42.5 Å². The van der Waals surface area contributed by atoms with Gasteiger partial charge in [0.25, 0.3) is 0 Å². The van der Waals surface area contributed by atoms with Gasteiger partial charge in [-0.15, -0.1) is 0 Å². The summed E-state index contributed by atoms with van der Waals surface area (Å²) in [7, 11) is -4.45. The lowest BCUT2D eigenvalue weighted by molar-refractivity contribution is 0.388. The van der Waals surface area contributed by atoms with Crippen molar-refractivity contribution in [2.75, 3.05) is 0 Å². The summed E-state index contributed by atoms with van der Waals surface area (Å²) in [6.07, 6.45) is 7.40. The molecular weight excluding hydrogens is 375 g/mol. The fourth-order valence-electron chi connectivity index (χ4n) is 3.24. The first-order valence-corrected chi connectivity index (χ1v) is 10.2. The van der Waals surface area contributed by atoms with Gasteiger partial charge >= 0.3 is 7.60 Å². The highest BCUT2D eigenvalue weighted by atomic mass is 31.2. The van der Waals surface area contributed by atoms with E-state index in [2.05, 4.69) is 19.9 Å². The summed E-state index contributed by atoms with van der Waals surface area (Å²) < 4.78 is 11.9. The average Bonchev–Trinajstić information content (AvgIpc) is 3.38. The number of aromatic amines is 2. The zero-order valence-corrected chi connectivity index (χ0v) is 15.4. The van der Waals surface area contributed by atoms with Crippen LogP contribution in [0, 0.1) is 0 Å². The Labute approximate surface area is 159 Å². The highest BCUT2D eigenvalue weighted by Gasteiger charge is 2.21. The molecule has 5 rings (SSSR count). The molecule has 28 heavy (non-hydrogen) atoms.